The van der Waals surface area contributed by atoms with E-state index in [1.165, 1.54) is 36.4 Å². The first-order chi connectivity index (χ1) is 8.83. The number of hydrogen-bond donors (Lipinski definition) is 1. The SMILES string of the molecule is CCCNC1CCCN(c2ccc(SC)cc2)C1. The van der Waals surface area contributed by atoms with E-state index in [1.807, 2.05) is 0 Å². The highest BCUT2D eigenvalue weighted by Gasteiger charge is 2.19. The van der Waals surface area contributed by atoms with Gasteiger partial charge in [-0.1, -0.05) is 6.92 Å². The van der Waals surface area contributed by atoms with Crippen molar-refractivity contribution in [2.75, 3.05) is 30.8 Å². The van der Waals surface area contributed by atoms with Crippen LogP contribution in [0.4, 0.5) is 5.69 Å². The molecule has 1 aromatic carbocycles. The molecule has 0 amide bonds. The Morgan fingerprint density at radius 1 is 1.33 bits per heavy atom. The summed E-state index contributed by atoms with van der Waals surface area (Å²) in [6, 6.07) is 9.63. The first-order valence-electron chi connectivity index (χ1n) is 6.96. The van der Waals surface area contributed by atoms with Crippen molar-refractivity contribution in [2.45, 2.75) is 37.1 Å². The molecule has 1 N–H and O–H groups in total. The summed E-state index contributed by atoms with van der Waals surface area (Å²) in [6.45, 7) is 5.72. The highest BCUT2D eigenvalue weighted by molar-refractivity contribution is 7.98. The third kappa shape index (κ3) is 3.66. The summed E-state index contributed by atoms with van der Waals surface area (Å²) in [7, 11) is 0. The maximum atomic E-state index is 3.65. The minimum Gasteiger partial charge on any atom is -0.370 e. The highest BCUT2D eigenvalue weighted by atomic mass is 32.2. The zero-order valence-electron chi connectivity index (χ0n) is 11.5. The standard InChI is InChI=1S/C15H24N2S/c1-3-10-16-13-5-4-11-17(12-13)14-6-8-15(18-2)9-7-14/h6-9,13,16H,3-5,10-12H2,1-2H3. The molecule has 1 atom stereocenters. The van der Waals surface area contributed by atoms with E-state index in [0.29, 0.717) is 6.04 Å². The number of piperidine rings is 1. The van der Waals surface area contributed by atoms with Crippen LogP contribution in [-0.2, 0) is 0 Å². The molecule has 1 fully saturated rings. The lowest BCUT2D eigenvalue weighted by Gasteiger charge is -2.35. The van der Waals surface area contributed by atoms with E-state index in [4.69, 9.17) is 0 Å². The summed E-state index contributed by atoms with van der Waals surface area (Å²) in [5.74, 6) is 0. The van der Waals surface area contributed by atoms with Crippen molar-refractivity contribution >= 4 is 17.4 Å². The van der Waals surface area contributed by atoms with Crippen LogP contribution in [0.5, 0.6) is 0 Å². The van der Waals surface area contributed by atoms with E-state index >= 15 is 0 Å². The monoisotopic (exact) mass is 264 g/mol. The fourth-order valence-corrected chi connectivity index (χ4v) is 2.93. The Labute approximate surface area is 115 Å². The Hall–Kier alpha value is -0.670. The Balaban J connectivity index is 1.94. The number of nitrogens with one attached hydrogen (secondary N) is 1. The van der Waals surface area contributed by atoms with E-state index in [9.17, 15) is 0 Å². The van der Waals surface area contributed by atoms with Gasteiger partial charge in [-0.05, 0) is 56.3 Å². The van der Waals surface area contributed by atoms with Crippen molar-refractivity contribution in [1.29, 1.82) is 0 Å². The second-order valence-electron chi connectivity index (χ2n) is 4.94. The summed E-state index contributed by atoms with van der Waals surface area (Å²) in [5.41, 5.74) is 1.37. The third-order valence-electron chi connectivity index (χ3n) is 3.54. The van der Waals surface area contributed by atoms with E-state index in [0.717, 1.165) is 13.1 Å². The van der Waals surface area contributed by atoms with Crippen LogP contribution in [0.1, 0.15) is 26.2 Å². The zero-order chi connectivity index (χ0) is 12.8. The largest absolute Gasteiger partial charge is 0.370 e. The van der Waals surface area contributed by atoms with E-state index < -0.39 is 0 Å². The average Bonchev–Trinajstić information content (AvgIpc) is 2.45. The van der Waals surface area contributed by atoms with Crippen molar-refractivity contribution in [3.05, 3.63) is 24.3 Å². The number of benzene rings is 1. The molecule has 2 rings (SSSR count). The maximum absolute atomic E-state index is 3.65. The van der Waals surface area contributed by atoms with Gasteiger partial charge >= 0.3 is 0 Å². The van der Waals surface area contributed by atoms with Gasteiger partial charge in [0.25, 0.3) is 0 Å². The smallest absolute Gasteiger partial charge is 0.0367 e. The lowest BCUT2D eigenvalue weighted by atomic mass is 10.0. The van der Waals surface area contributed by atoms with Crippen LogP contribution >= 0.6 is 11.8 Å². The summed E-state index contributed by atoms with van der Waals surface area (Å²) >= 11 is 1.80. The molecule has 0 bridgehead atoms. The topological polar surface area (TPSA) is 15.3 Å². The van der Waals surface area contributed by atoms with Crippen LogP contribution < -0.4 is 10.2 Å². The molecule has 3 heteroatoms. The van der Waals surface area contributed by atoms with Crippen LogP contribution in [0.15, 0.2) is 29.2 Å². The summed E-state index contributed by atoms with van der Waals surface area (Å²) in [5, 5.41) is 3.65. The van der Waals surface area contributed by atoms with E-state index in [-0.39, 0.29) is 0 Å². The van der Waals surface area contributed by atoms with Gasteiger partial charge in [0.05, 0.1) is 0 Å². The average molecular weight is 264 g/mol. The fraction of sp³-hybridized carbons (Fsp3) is 0.600. The van der Waals surface area contributed by atoms with Crippen LogP contribution in [0.3, 0.4) is 0 Å². The predicted molar refractivity (Wildman–Crippen MR) is 81.8 cm³/mol. The molecule has 1 heterocycles. The van der Waals surface area contributed by atoms with Crippen molar-refractivity contribution < 1.29 is 0 Å². The molecule has 1 aliphatic rings. The van der Waals surface area contributed by atoms with Crippen molar-refractivity contribution in [1.82, 2.24) is 5.32 Å². The minimum absolute atomic E-state index is 0.666. The number of thioether (sulfide) groups is 1. The Bertz CT molecular complexity index is 350. The summed E-state index contributed by atoms with van der Waals surface area (Å²) in [4.78, 5) is 3.86. The van der Waals surface area contributed by atoms with Gasteiger partial charge in [0.15, 0.2) is 0 Å². The normalized spacial score (nSPS) is 20.1. The molecule has 18 heavy (non-hydrogen) atoms. The van der Waals surface area contributed by atoms with Gasteiger partial charge in [-0.15, -0.1) is 11.8 Å². The lowest BCUT2D eigenvalue weighted by molar-refractivity contribution is 0.423. The lowest BCUT2D eigenvalue weighted by Crippen LogP contribution is -2.46. The summed E-state index contributed by atoms with van der Waals surface area (Å²) < 4.78 is 0. The van der Waals surface area contributed by atoms with Gasteiger partial charge in [0, 0.05) is 29.7 Å². The molecule has 0 aliphatic carbocycles. The maximum Gasteiger partial charge on any atom is 0.0367 e. The Kier molecular flexibility index (Phi) is 5.39. The molecule has 0 saturated carbocycles. The molecule has 0 radical (unpaired) electrons. The Morgan fingerprint density at radius 2 is 2.11 bits per heavy atom. The van der Waals surface area contributed by atoms with Gasteiger partial charge in [0.2, 0.25) is 0 Å². The van der Waals surface area contributed by atoms with Gasteiger partial charge in [-0.2, -0.15) is 0 Å². The molecular formula is C15H24N2S. The number of hydrogen-bond acceptors (Lipinski definition) is 3. The zero-order valence-corrected chi connectivity index (χ0v) is 12.3. The van der Waals surface area contributed by atoms with Crippen molar-refractivity contribution in [3.8, 4) is 0 Å². The summed E-state index contributed by atoms with van der Waals surface area (Å²) in [6.07, 6.45) is 5.96. The van der Waals surface area contributed by atoms with Crippen LogP contribution in [-0.4, -0.2) is 31.9 Å². The van der Waals surface area contributed by atoms with Gasteiger partial charge in [0.1, 0.15) is 0 Å². The highest BCUT2D eigenvalue weighted by Crippen LogP contribution is 2.23. The van der Waals surface area contributed by atoms with E-state index in [2.05, 4.69) is 47.7 Å². The predicted octanol–water partition coefficient (Wildman–Crippen LogP) is 3.38. The molecule has 1 aromatic rings. The first-order valence-corrected chi connectivity index (χ1v) is 8.18. The molecular weight excluding hydrogens is 240 g/mol. The second kappa shape index (κ2) is 7.05. The van der Waals surface area contributed by atoms with Gasteiger partial charge < -0.3 is 10.2 Å². The number of nitrogens with zero attached hydrogens (tertiary/aromatic N) is 1. The fourth-order valence-electron chi connectivity index (χ4n) is 2.52. The molecule has 1 aliphatic heterocycles. The van der Waals surface area contributed by atoms with Gasteiger partial charge in [-0.25, -0.2) is 0 Å². The van der Waals surface area contributed by atoms with Crippen molar-refractivity contribution in [3.63, 3.8) is 0 Å². The molecule has 2 nitrogen and oxygen atoms in total. The third-order valence-corrected chi connectivity index (χ3v) is 4.29. The minimum atomic E-state index is 0.666. The molecule has 0 aromatic heterocycles. The number of rotatable bonds is 5. The molecule has 1 unspecified atom stereocenters. The Morgan fingerprint density at radius 3 is 2.78 bits per heavy atom. The van der Waals surface area contributed by atoms with Crippen LogP contribution in [0, 0.1) is 0 Å². The van der Waals surface area contributed by atoms with Crippen LogP contribution in [0.25, 0.3) is 0 Å². The number of anilines is 1. The molecule has 0 spiro atoms. The first kappa shape index (κ1) is 13.8. The second-order valence-corrected chi connectivity index (χ2v) is 5.82. The quantitative estimate of drug-likeness (QED) is 0.821. The van der Waals surface area contributed by atoms with Crippen LogP contribution in [0.2, 0.25) is 0 Å². The van der Waals surface area contributed by atoms with Gasteiger partial charge in [-0.3, -0.25) is 0 Å². The van der Waals surface area contributed by atoms with E-state index in [1.54, 1.807) is 11.8 Å². The molecule has 1 saturated heterocycles. The molecule has 100 valence electrons. The van der Waals surface area contributed by atoms with Crippen molar-refractivity contribution in [2.24, 2.45) is 0 Å².